The number of urea groups is 1. The van der Waals surface area contributed by atoms with Crippen molar-refractivity contribution in [2.24, 2.45) is 0 Å². The number of hydrogen-bond acceptors (Lipinski definition) is 4. The van der Waals surface area contributed by atoms with Crippen LogP contribution in [-0.2, 0) is 0 Å². The standard InChI is InChI=1S/C17H11F5N4OS/c1-2-3-10(17(20,21)22)6-11-8-24-16(28-11)26-15(27)25-14-12(18)4-9(7-23)5-13(14)19/h2-6,8H,1H3,(H2,24,25,26,27)/b3-2-,10-6+. The van der Waals surface area contributed by atoms with E-state index in [-0.39, 0.29) is 15.6 Å². The van der Waals surface area contributed by atoms with E-state index in [0.717, 1.165) is 41.8 Å². The summed E-state index contributed by atoms with van der Waals surface area (Å²) in [5.41, 5.74) is -1.95. The number of nitriles is 1. The van der Waals surface area contributed by atoms with Crippen LogP contribution >= 0.6 is 11.3 Å². The third-order valence-electron chi connectivity index (χ3n) is 3.13. The number of amides is 2. The SMILES string of the molecule is C/C=C\C(=C/c1cnc(NC(=O)Nc2c(F)cc(C#N)cc2F)s1)C(F)(F)F. The first-order valence-electron chi connectivity index (χ1n) is 7.48. The van der Waals surface area contributed by atoms with Crippen molar-refractivity contribution < 1.29 is 26.7 Å². The molecule has 2 N–H and O–H groups in total. The van der Waals surface area contributed by atoms with Gasteiger partial charge in [-0.25, -0.2) is 18.6 Å². The van der Waals surface area contributed by atoms with Crippen molar-refractivity contribution in [2.45, 2.75) is 13.1 Å². The van der Waals surface area contributed by atoms with E-state index in [2.05, 4.69) is 10.3 Å². The van der Waals surface area contributed by atoms with Crippen molar-refractivity contribution in [2.75, 3.05) is 10.6 Å². The summed E-state index contributed by atoms with van der Waals surface area (Å²) in [7, 11) is 0. The molecule has 5 nitrogen and oxygen atoms in total. The fourth-order valence-corrected chi connectivity index (χ4v) is 2.73. The molecule has 1 heterocycles. The number of rotatable bonds is 4. The summed E-state index contributed by atoms with van der Waals surface area (Å²) in [6.07, 6.45) is -0.491. The summed E-state index contributed by atoms with van der Waals surface area (Å²) in [5.74, 6) is -2.31. The lowest BCUT2D eigenvalue weighted by molar-refractivity contribution is -0.0872. The maximum absolute atomic E-state index is 13.8. The maximum atomic E-state index is 13.8. The molecule has 0 radical (unpaired) electrons. The van der Waals surface area contributed by atoms with Crippen molar-refractivity contribution in [3.63, 3.8) is 0 Å². The second-order valence-electron chi connectivity index (χ2n) is 5.17. The Labute approximate surface area is 159 Å². The Bertz CT molecular complexity index is 965. The first-order valence-corrected chi connectivity index (χ1v) is 8.30. The normalized spacial score (nSPS) is 12.1. The summed E-state index contributed by atoms with van der Waals surface area (Å²) in [6, 6.07) is 1.98. The monoisotopic (exact) mass is 414 g/mol. The van der Waals surface area contributed by atoms with Crippen LogP contribution in [0.25, 0.3) is 6.08 Å². The number of anilines is 2. The molecule has 2 rings (SSSR count). The van der Waals surface area contributed by atoms with E-state index in [1.807, 2.05) is 5.32 Å². The van der Waals surface area contributed by atoms with E-state index in [0.29, 0.717) is 0 Å². The minimum atomic E-state index is -4.56. The maximum Gasteiger partial charge on any atom is 0.416 e. The summed E-state index contributed by atoms with van der Waals surface area (Å²) in [4.78, 5) is 15.7. The summed E-state index contributed by atoms with van der Waals surface area (Å²) < 4.78 is 66.1. The molecule has 1 aromatic carbocycles. The van der Waals surface area contributed by atoms with Gasteiger partial charge in [-0.2, -0.15) is 18.4 Å². The number of nitrogens with one attached hydrogen (secondary N) is 2. The lowest BCUT2D eigenvalue weighted by Gasteiger charge is -2.08. The van der Waals surface area contributed by atoms with Crippen LogP contribution in [0.5, 0.6) is 0 Å². The zero-order chi connectivity index (χ0) is 20.9. The van der Waals surface area contributed by atoms with Crippen LogP contribution < -0.4 is 10.6 Å². The van der Waals surface area contributed by atoms with Gasteiger partial charge in [-0.1, -0.05) is 23.5 Å². The van der Waals surface area contributed by atoms with Crippen LogP contribution in [0.1, 0.15) is 17.4 Å². The molecule has 1 aromatic heterocycles. The molecule has 2 amide bonds. The molecule has 0 atom stereocenters. The van der Waals surface area contributed by atoms with Crippen molar-refractivity contribution >= 4 is 34.3 Å². The molecule has 0 aliphatic heterocycles. The largest absolute Gasteiger partial charge is 0.416 e. The third-order valence-corrected chi connectivity index (χ3v) is 3.98. The van der Waals surface area contributed by atoms with E-state index >= 15 is 0 Å². The van der Waals surface area contributed by atoms with Gasteiger partial charge >= 0.3 is 12.2 Å². The highest BCUT2D eigenvalue weighted by atomic mass is 32.1. The Morgan fingerprint density at radius 3 is 2.43 bits per heavy atom. The first-order chi connectivity index (χ1) is 13.1. The predicted octanol–water partition coefficient (Wildman–Crippen LogP) is 5.46. The molecule has 146 valence electrons. The number of halogens is 5. The first kappa shape index (κ1) is 21.0. The smallest absolute Gasteiger partial charge is 0.302 e. The Morgan fingerprint density at radius 2 is 1.89 bits per heavy atom. The quantitative estimate of drug-likeness (QED) is 0.515. The van der Waals surface area contributed by atoms with Crippen LogP contribution in [0.15, 0.2) is 36.1 Å². The Kier molecular flexibility index (Phi) is 6.48. The average Bonchev–Trinajstić information content (AvgIpc) is 3.03. The van der Waals surface area contributed by atoms with Gasteiger partial charge in [-0.3, -0.25) is 5.32 Å². The second kappa shape index (κ2) is 8.62. The van der Waals surface area contributed by atoms with Gasteiger partial charge < -0.3 is 5.32 Å². The van der Waals surface area contributed by atoms with Crippen LogP contribution in [0, 0.1) is 23.0 Å². The van der Waals surface area contributed by atoms with E-state index < -0.39 is 35.1 Å². The molecule has 0 saturated heterocycles. The van der Waals surface area contributed by atoms with Gasteiger partial charge in [0, 0.05) is 11.1 Å². The van der Waals surface area contributed by atoms with Crippen LogP contribution in [0.3, 0.4) is 0 Å². The second-order valence-corrected chi connectivity index (χ2v) is 6.23. The van der Waals surface area contributed by atoms with Crippen LogP contribution in [0.4, 0.5) is 37.6 Å². The van der Waals surface area contributed by atoms with Crippen molar-refractivity contribution in [3.05, 3.63) is 58.1 Å². The Morgan fingerprint density at radius 1 is 1.25 bits per heavy atom. The third kappa shape index (κ3) is 5.37. The summed E-state index contributed by atoms with van der Waals surface area (Å²) in [6.45, 7) is 1.44. The van der Waals surface area contributed by atoms with E-state index in [4.69, 9.17) is 5.26 Å². The van der Waals surface area contributed by atoms with Gasteiger partial charge in [0.15, 0.2) is 16.8 Å². The van der Waals surface area contributed by atoms with Gasteiger partial charge in [0.1, 0.15) is 5.69 Å². The number of hydrogen-bond donors (Lipinski definition) is 2. The number of allylic oxidation sites excluding steroid dienone is 3. The highest BCUT2D eigenvalue weighted by Gasteiger charge is 2.31. The molecular formula is C17H11F5N4OS. The van der Waals surface area contributed by atoms with Gasteiger partial charge in [0.05, 0.1) is 17.2 Å². The van der Waals surface area contributed by atoms with E-state index in [1.54, 1.807) is 6.07 Å². The highest BCUT2D eigenvalue weighted by molar-refractivity contribution is 7.16. The Balaban J connectivity index is 2.14. The fourth-order valence-electron chi connectivity index (χ4n) is 1.97. The molecule has 0 bridgehead atoms. The predicted molar refractivity (Wildman–Crippen MR) is 94.7 cm³/mol. The number of carbonyl (C=O) groups is 1. The van der Waals surface area contributed by atoms with Crippen molar-refractivity contribution in [1.29, 1.82) is 5.26 Å². The minimum Gasteiger partial charge on any atom is -0.302 e. The zero-order valence-corrected chi connectivity index (χ0v) is 14.9. The zero-order valence-electron chi connectivity index (χ0n) is 14.1. The highest BCUT2D eigenvalue weighted by Crippen LogP contribution is 2.30. The minimum absolute atomic E-state index is 0.0831. The summed E-state index contributed by atoms with van der Waals surface area (Å²) in [5, 5.41) is 12.6. The van der Waals surface area contributed by atoms with Crippen LogP contribution in [0.2, 0.25) is 0 Å². The van der Waals surface area contributed by atoms with Crippen molar-refractivity contribution in [3.8, 4) is 6.07 Å². The lowest BCUT2D eigenvalue weighted by atomic mass is 10.2. The molecule has 0 saturated carbocycles. The average molecular weight is 414 g/mol. The van der Waals surface area contributed by atoms with Gasteiger partial charge in [0.2, 0.25) is 0 Å². The van der Waals surface area contributed by atoms with E-state index in [9.17, 15) is 26.7 Å². The number of alkyl halides is 3. The summed E-state index contributed by atoms with van der Waals surface area (Å²) >= 11 is 0.733. The number of thiazole rings is 1. The molecular weight excluding hydrogens is 403 g/mol. The van der Waals surface area contributed by atoms with Crippen molar-refractivity contribution in [1.82, 2.24) is 4.98 Å². The lowest BCUT2D eigenvalue weighted by Crippen LogP contribution is -2.21. The number of aromatic nitrogens is 1. The number of nitrogens with zero attached hydrogens (tertiary/aromatic N) is 2. The van der Waals surface area contributed by atoms with Crippen LogP contribution in [-0.4, -0.2) is 17.2 Å². The molecule has 0 aliphatic rings. The molecule has 2 aromatic rings. The van der Waals surface area contributed by atoms with Gasteiger partial charge in [-0.15, -0.1) is 0 Å². The molecule has 0 aliphatic carbocycles. The van der Waals surface area contributed by atoms with E-state index in [1.165, 1.54) is 13.0 Å². The molecule has 28 heavy (non-hydrogen) atoms. The van der Waals surface area contributed by atoms with Gasteiger partial charge in [0.25, 0.3) is 0 Å². The topological polar surface area (TPSA) is 77.8 Å². The molecule has 11 heteroatoms. The number of benzene rings is 1. The Hall–Kier alpha value is -3.26. The fraction of sp³-hybridized carbons (Fsp3) is 0.118. The number of carbonyl (C=O) groups excluding carboxylic acids is 1. The molecule has 0 unspecified atom stereocenters. The van der Waals surface area contributed by atoms with Gasteiger partial charge in [-0.05, 0) is 25.1 Å². The molecule has 0 fully saturated rings. The molecule has 0 spiro atoms.